The number of fused-ring (bicyclic) bond motifs is 4. The molecule has 5 rings (SSSR count). The largest absolute Gasteiger partial charge is 0.492 e. The highest BCUT2D eigenvalue weighted by Gasteiger charge is 2.31. The number of ether oxygens (including phenoxy) is 1. The van der Waals surface area contributed by atoms with Crippen molar-refractivity contribution in [3.63, 3.8) is 0 Å². The first kappa shape index (κ1) is 21.7. The van der Waals surface area contributed by atoms with Gasteiger partial charge in [-0.1, -0.05) is 63.1 Å². The third-order valence-electron chi connectivity index (χ3n) is 6.63. The Labute approximate surface area is 195 Å². The van der Waals surface area contributed by atoms with Crippen molar-refractivity contribution in [2.24, 2.45) is 0 Å². The SMILES string of the molecule is CCCCN(CCCC)CCOc1ccc2c3c(cccc13)C(=O)c1c-2oc2ccccc12. The molecule has 33 heavy (non-hydrogen) atoms. The maximum atomic E-state index is 13.5. The maximum Gasteiger partial charge on any atom is 0.198 e. The van der Waals surface area contributed by atoms with Crippen LogP contribution in [-0.4, -0.2) is 36.9 Å². The van der Waals surface area contributed by atoms with Gasteiger partial charge in [0, 0.05) is 33.8 Å². The number of carbonyl (C=O) groups excluding carboxylic acids is 1. The lowest BCUT2D eigenvalue weighted by atomic mass is 9.85. The standard InChI is InChI=1S/C29H31NO3/c1-3-5-16-30(17-6-4-2)18-19-32-24-15-14-23-26-20(24)11-9-12-22(26)28(31)27-21-10-7-8-13-25(21)33-29(23)27/h7-15H,3-6,16-19H2,1-2H3. The Morgan fingerprint density at radius 1 is 0.818 bits per heavy atom. The van der Waals surface area contributed by atoms with Crippen LogP contribution >= 0.6 is 0 Å². The van der Waals surface area contributed by atoms with Crippen LogP contribution in [0, 0.1) is 0 Å². The summed E-state index contributed by atoms with van der Waals surface area (Å²) in [6.45, 7) is 8.25. The molecule has 1 aliphatic rings. The summed E-state index contributed by atoms with van der Waals surface area (Å²) in [4.78, 5) is 16.0. The van der Waals surface area contributed by atoms with E-state index < -0.39 is 0 Å². The molecule has 4 aromatic rings. The van der Waals surface area contributed by atoms with Gasteiger partial charge in [0.05, 0.1) is 5.56 Å². The molecule has 0 bridgehead atoms. The van der Waals surface area contributed by atoms with Crippen molar-refractivity contribution in [2.45, 2.75) is 39.5 Å². The smallest absolute Gasteiger partial charge is 0.198 e. The molecule has 170 valence electrons. The fourth-order valence-corrected chi connectivity index (χ4v) is 4.86. The number of hydrogen-bond acceptors (Lipinski definition) is 4. The van der Waals surface area contributed by atoms with Crippen LogP contribution in [0.25, 0.3) is 33.1 Å². The zero-order chi connectivity index (χ0) is 22.8. The van der Waals surface area contributed by atoms with Crippen LogP contribution in [0.15, 0.2) is 59.0 Å². The van der Waals surface area contributed by atoms with Gasteiger partial charge in [0.15, 0.2) is 5.78 Å². The number of ketones is 1. The van der Waals surface area contributed by atoms with E-state index in [1.165, 1.54) is 25.7 Å². The normalized spacial score (nSPS) is 12.6. The van der Waals surface area contributed by atoms with Crippen LogP contribution in [0.2, 0.25) is 0 Å². The number of hydrogen-bond donors (Lipinski definition) is 0. The lowest BCUT2D eigenvalue weighted by Crippen LogP contribution is -2.30. The molecule has 1 aliphatic carbocycles. The van der Waals surface area contributed by atoms with Gasteiger partial charge in [-0.15, -0.1) is 0 Å². The Bertz CT molecular complexity index is 1300. The van der Waals surface area contributed by atoms with E-state index in [9.17, 15) is 4.79 Å². The summed E-state index contributed by atoms with van der Waals surface area (Å²) in [6, 6.07) is 17.7. The Balaban J connectivity index is 1.46. The summed E-state index contributed by atoms with van der Waals surface area (Å²) in [5.74, 6) is 1.52. The highest BCUT2D eigenvalue weighted by Crippen LogP contribution is 2.45. The molecule has 0 saturated carbocycles. The van der Waals surface area contributed by atoms with E-state index in [-0.39, 0.29) is 5.78 Å². The van der Waals surface area contributed by atoms with Crippen molar-refractivity contribution >= 4 is 27.5 Å². The second-order valence-electron chi connectivity index (χ2n) is 8.87. The zero-order valence-electron chi connectivity index (χ0n) is 19.5. The summed E-state index contributed by atoms with van der Waals surface area (Å²) in [7, 11) is 0. The van der Waals surface area contributed by atoms with E-state index >= 15 is 0 Å². The van der Waals surface area contributed by atoms with Gasteiger partial charge >= 0.3 is 0 Å². The lowest BCUT2D eigenvalue weighted by Gasteiger charge is -2.23. The predicted molar refractivity (Wildman–Crippen MR) is 134 cm³/mol. The Morgan fingerprint density at radius 2 is 1.58 bits per heavy atom. The number of benzene rings is 3. The second kappa shape index (κ2) is 9.40. The van der Waals surface area contributed by atoms with Crippen molar-refractivity contribution in [3.05, 3.63) is 65.7 Å². The summed E-state index contributed by atoms with van der Waals surface area (Å²) >= 11 is 0. The predicted octanol–water partition coefficient (Wildman–Crippen LogP) is 7.08. The molecular weight excluding hydrogens is 410 g/mol. The van der Waals surface area contributed by atoms with E-state index in [0.29, 0.717) is 17.9 Å². The number of carbonyl (C=O) groups is 1. The van der Waals surface area contributed by atoms with Crippen molar-refractivity contribution in [3.8, 4) is 17.1 Å². The quantitative estimate of drug-likeness (QED) is 0.232. The van der Waals surface area contributed by atoms with Gasteiger partial charge in [-0.05, 0) is 44.1 Å². The number of furan rings is 1. The summed E-state index contributed by atoms with van der Waals surface area (Å²) in [5, 5.41) is 2.78. The third kappa shape index (κ3) is 3.93. The fraction of sp³-hybridized carbons (Fsp3) is 0.345. The van der Waals surface area contributed by atoms with Gasteiger partial charge in [-0.25, -0.2) is 0 Å². The second-order valence-corrected chi connectivity index (χ2v) is 8.87. The molecular formula is C29H31NO3. The zero-order valence-corrected chi connectivity index (χ0v) is 19.5. The highest BCUT2D eigenvalue weighted by atomic mass is 16.5. The van der Waals surface area contributed by atoms with E-state index in [4.69, 9.17) is 9.15 Å². The first-order valence-corrected chi connectivity index (χ1v) is 12.2. The molecule has 3 aromatic carbocycles. The van der Waals surface area contributed by atoms with Gasteiger partial charge in [-0.2, -0.15) is 0 Å². The third-order valence-corrected chi connectivity index (χ3v) is 6.63. The molecule has 0 radical (unpaired) electrons. The monoisotopic (exact) mass is 441 g/mol. The van der Waals surface area contributed by atoms with Crippen molar-refractivity contribution in [1.82, 2.24) is 4.90 Å². The summed E-state index contributed by atoms with van der Waals surface area (Å²) in [6.07, 6.45) is 4.84. The fourth-order valence-electron chi connectivity index (χ4n) is 4.86. The minimum Gasteiger partial charge on any atom is -0.492 e. The van der Waals surface area contributed by atoms with E-state index in [1.807, 2.05) is 54.6 Å². The summed E-state index contributed by atoms with van der Waals surface area (Å²) in [5.41, 5.74) is 3.10. The summed E-state index contributed by atoms with van der Waals surface area (Å²) < 4.78 is 12.5. The highest BCUT2D eigenvalue weighted by molar-refractivity contribution is 6.29. The van der Waals surface area contributed by atoms with E-state index in [1.54, 1.807) is 0 Å². The first-order chi connectivity index (χ1) is 16.2. The van der Waals surface area contributed by atoms with Gasteiger partial charge in [0.2, 0.25) is 0 Å². The van der Waals surface area contributed by atoms with E-state index in [0.717, 1.165) is 58.3 Å². The molecule has 1 heterocycles. The van der Waals surface area contributed by atoms with Crippen molar-refractivity contribution in [1.29, 1.82) is 0 Å². The molecule has 0 amide bonds. The molecule has 0 unspecified atom stereocenters. The number of nitrogens with zero attached hydrogens (tertiary/aromatic N) is 1. The van der Waals surface area contributed by atoms with Crippen LogP contribution in [0.1, 0.15) is 55.5 Å². The van der Waals surface area contributed by atoms with Crippen molar-refractivity contribution < 1.29 is 13.9 Å². The molecule has 0 aliphatic heterocycles. The molecule has 0 spiro atoms. The van der Waals surface area contributed by atoms with Crippen LogP contribution in [-0.2, 0) is 0 Å². The van der Waals surface area contributed by atoms with Crippen LogP contribution in [0.4, 0.5) is 0 Å². The van der Waals surface area contributed by atoms with Crippen molar-refractivity contribution in [2.75, 3.05) is 26.2 Å². The Morgan fingerprint density at radius 3 is 2.36 bits per heavy atom. The maximum absolute atomic E-state index is 13.5. The Kier molecular flexibility index (Phi) is 6.19. The number of unbranched alkanes of at least 4 members (excludes halogenated alkanes) is 2. The number of rotatable bonds is 10. The minimum atomic E-state index is 0.0236. The van der Waals surface area contributed by atoms with Gasteiger partial charge in [0.1, 0.15) is 23.7 Å². The average molecular weight is 442 g/mol. The number of para-hydroxylation sites is 1. The molecule has 4 nitrogen and oxygen atoms in total. The van der Waals surface area contributed by atoms with Gasteiger partial charge in [0.25, 0.3) is 0 Å². The molecule has 0 fully saturated rings. The van der Waals surface area contributed by atoms with Crippen LogP contribution in [0.3, 0.4) is 0 Å². The first-order valence-electron chi connectivity index (χ1n) is 12.2. The molecule has 0 N–H and O–H groups in total. The van der Waals surface area contributed by atoms with E-state index in [2.05, 4.69) is 18.7 Å². The molecule has 0 saturated heterocycles. The van der Waals surface area contributed by atoms with Gasteiger partial charge in [-0.3, -0.25) is 9.69 Å². The van der Waals surface area contributed by atoms with Gasteiger partial charge < -0.3 is 9.15 Å². The average Bonchev–Trinajstić information content (AvgIpc) is 3.24. The molecule has 4 heteroatoms. The topological polar surface area (TPSA) is 42.7 Å². The van der Waals surface area contributed by atoms with Crippen LogP contribution < -0.4 is 4.74 Å². The Hall–Kier alpha value is -3.11. The lowest BCUT2D eigenvalue weighted by molar-refractivity contribution is 0.104. The molecule has 0 atom stereocenters. The molecule has 1 aromatic heterocycles. The minimum absolute atomic E-state index is 0.0236. The van der Waals surface area contributed by atoms with Crippen LogP contribution in [0.5, 0.6) is 5.75 Å².